The standard InChI is InChI=1S/C27H53IO2Si2/c1-14-24(20-22(2)21-28)17-18-25(30-32(12,13)27(7,8)9)23(3)16-15-19-29-31(10,11)26(4,5)6/h15-18,20,22-23,25H,14,19,21H2,1-13H3/b16-15-,18-17+,24-20-/t22-,23+,25+/m1/s1. The molecule has 0 aliphatic heterocycles. The Kier molecular flexibility index (Phi) is 13.5. The molecule has 0 aliphatic carbocycles. The fraction of sp³-hybridized carbons (Fsp3) is 0.778. The molecule has 188 valence electrons. The van der Waals surface area contributed by atoms with E-state index in [0.29, 0.717) is 18.4 Å². The highest BCUT2D eigenvalue weighted by atomic mass is 127. The molecule has 32 heavy (non-hydrogen) atoms. The molecule has 0 saturated heterocycles. The third kappa shape index (κ3) is 11.2. The van der Waals surface area contributed by atoms with Gasteiger partial charge in [0.1, 0.15) is 0 Å². The van der Waals surface area contributed by atoms with Gasteiger partial charge in [-0.2, -0.15) is 0 Å². The second-order valence-corrected chi connectivity index (χ2v) is 22.7. The van der Waals surface area contributed by atoms with E-state index in [1.807, 2.05) is 0 Å². The first-order valence-electron chi connectivity index (χ1n) is 12.3. The van der Waals surface area contributed by atoms with Gasteiger partial charge in [-0.3, -0.25) is 0 Å². The van der Waals surface area contributed by atoms with Crippen LogP contribution in [0.2, 0.25) is 36.3 Å². The van der Waals surface area contributed by atoms with Crippen molar-refractivity contribution in [3.63, 3.8) is 0 Å². The van der Waals surface area contributed by atoms with Crippen LogP contribution in [0.25, 0.3) is 0 Å². The maximum Gasteiger partial charge on any atom is 0.192 e. The third-order valence-corrected chi connectivity index (χ3v) is 17.6. The maximum absolute atomic E-state index is 6.88. The summed E-state index contributed by atoms with van der Waals surface area (Å²) in [6.07, 6.45) is 12.6. The predicted molar refractivity (Wildman–Crippen MR) is 159 cm³/mol. The Morgan fingerprint density at radius 2 is 1.44 bits per heavy atom. The molecule has 2 nitrogen and oxygen atoms in total. The lowest BCUT2D eigenvalue weighted by molar-refractivity contribution is 0.189. The van der Waals surface area contributed by atoms with Crippen LogP contribution in [0.1, 0.15) is 68.7 Å². The van der Waals surface area contributed by atoms with Crippen molar-refractivity contribution in [2.24, 2.45) is 11.8 Å². The summed E-state index contributed by atoms with van der Waals surface area (Å²) < 4.78 is 14.4. The Bertz CT molecular complexity index is 637. The molecule has 0 aromatic carbocycles. The van der Waals surface area contributed by atoms with Gasteiger partial charge >= 0.3 is 0 Å². The molecule has 3 atom stereocenters. The molecule has 5 heteroatoms. The largest absolute Gasteiger partial charge is 0.413 e. The van der Waals surface area contributed by atoms with Gasteiger partial charge in [-0.15, -0.1) is 0 Å². The molecule has 0 aromatic heterocycles. The van der Waals surface area contributed by atoms with E-state index in [9.17, 15) is 0 Å². The molecule has 0 fully saturated rings. The lowest BCUT2D eigenvalue weighted by Crippen LogP contribution is -2.44. The van der Waals surface area contributed by atoms with Crippen molar-refractivity contribution in [3.8, 4) is 0 Å². The summed E-state index contributed by atoms with van der Waals surface area (Å²) in [5, 5.41) is 0.425. The van der Waals surface area contributed by atoms with E-state index in [1.165, 1.54) is 5.57 Å². The summed E-state index contributed by atoms with van der Waals surface area (Å²) in [5.74, 6) is 0.892. The Morgan fingerprint density at radius 3 is 1.88 bits per heavy atom. The highest BCUT2D eigenvalue weighted by molar-refractivity contribution is 14.1. The van der Waals surface area contributed by atoms with Crippen molar-refractivity contribution >= 4 is 39.2 Å². The molecular formula is C27H53IO2Si2. The number of hydrogen-bond acceptors (Lipinski definition) is 2. The quantitative estimate of drug-likeness (QED) is 0.0739. The van der Waals surface area contributed by atoms with Crippen LogP contribution >= 0.6 is 22.6 Å². The van der Waals surface area contributed by atoms with Crippen LogP contribution in [-0.2, 0) is 8.85 Å². The summed E-state index contributed by atoms with van der Waals surface area (Å²) in [7, 11) is -3.60. The minimum atomic E-state index is -1.88. The average Bonchev–Trinajstić information content (AvgIpc) is 2.64. The molecule has 0 saturated carbocycles. The summed E-state index contributed by atoms with van der Waals surface area (Å²) in [6, 6.07) is 0. The van der Waals surface area contributed by atoms with Crippen LogP contribution < -0.4 is 0 Å². The summed E-state index contributed by atoms with van der Waals surface area (Å²) in [4.78, 5) is 0. The maximum atomic E-state index is 6.88. The second-order valence-electron chi connectivity index (χ2n) is 12.3. The molecule has 0 bridgehead atoms. The lowest BCUT2D eigenvalue weighted by atomic mass is 10.0. The molecule has 0 aromatic rings. The van der Waals surface area contributed by atoms with Crippen molar-refractivity contribution in [1.82, 2.24) is 0 Å². The van der Waals surface area contributed by atoms with Gasteiger partial charge in [-0.05, 0) is 48.6 Å². The second kappa shape index (κ2) is 13.4. The van der Waals surface area contributed by atoms with Gasteiger partial charge in [-0.1, -0.05) is 121 Å². The van der Waals surface area contributed by atoms with E-state index in [2.05, 4.69) is 141 Å². The highest BCUT2D eigenvalue weighted by Gasteiger charge is 2.39. The Hall–Kier alpha value is 0.304. The van der Waals surface area contributed by atoms with Crippen LogP contribution in [-0.4, -0.2) is 33.8 Å². The van der Waals surface area contributed by atoms with Crippen molar-refractivity contribution in [2.45, 2.75) is 111 Å². The van der Waals surface area contributed by atoms with E-state index in [4.69, 9.17) is 8.85 Å². The lowest BCUT2D eigenvalue weighted by Gasteiger charge is -2.40. The number of rotatable bonds is 12. The van der Waals surface area contributed by atoms with Crippen molar-refractivity contribution in [3.05, 3.63) is 36.0 Å². The van der Waals surface area contributed by atoms with Crippen molar-refractivity contribution in [2.75, 3.05) is 11.0 Å². The van der Waals surface area contributed by atoms with Crippen LogP contribution in [0, 0.1) is 11.8 Å². The molecule has 0 aliphatic rings. The smallest absolute Gasteiger partial charge is 0.192 e. The Labute approximate surface area is 217 Å². The zero-order valence-corrected chi connectivity index (χ0v) is 27.6. The van der Waals surface area contributed by atoms with Gasteiger partial charge in [0.2, 0.25) is 0 Å². The van der Waals surface area contributed by atoms with Crippen LogP contribution in [0.4, 0.5) is 0 Å². The molecule has 0 unspecified atom stereocenters. The minimum absolute atomic E-state index is 0.0740. The topological polar surface area (TPSA) is 18.5 Å². The first kappa shape index (κ1) is 32.3. The fourth-order valence-electron chi connectivity index (χ4n) is 2.61. The van der Waals surface area contributed by atoms with Gasteiger partial charge in [0.05, 0.1) is 12.7 Å². The zero-order chi connectivity index (χ0) is 25.4. The summed E-state index contributed by atoms with van der Waals surface area (Å²) in [5.41, 5.74) is 1.40. The first-order chi connectivity index (χ1) is 14.4. The molecular weight excluding hydrogens is 539 g/mol. The molecule has 0 spiro atoms. The Balaban J connectivity index is 5.59. The minimum Gasteiger partial charge on any atom is -0.413 e. The first-order valence-corrected chi connectivity index (χ1v) is 19.7. The molecule has 0 heterocycles. The third-order valence-electron chi connectivity index (χ3n) is 7.19. The average molecular weight is 593 g/mol. The number of allylic oxidation sites excluding steroid dienone is 3. The molecule has 0 amide bonds. The van der Waals surface area contributed by atoms with E-state index >= 15 is 0 Å². The van der Waals surface area contributed by atoms with Crippen LogP contribution in [0.5, 0.6) is 0 Å². The zero-order valence-electron chi connectivity index (χ0n) is 23.4. The van der Waals surface area contributed by atoms with Gasteiger partial charge in [0.25, 0.3) is 0 Å². The van der Waals surface area contributed by atoms with E-state index in [0.717, 1.165) is 10.8 Å². The monoisotopic (exact) mass is 592 g/mol. The van der Waals surface area contributed by atoms with Gasteiger partial charge in [0.15, 0.2) is 16.6 Å². The summed E-state index contributed by atoms with van der Waals surface area (Å²) >= 11 is 2.47. The fourth-order valence-corrected chi connectivity index (χ4v) is 5.14. The van der Waals surface area contributed by atoms with Crippen LogP contribution in [0.15, 0.2) is 36.0 Å². The van der Waals surface area contributed by atoms with E-state index < -0.39 is 16.6 Å². The normalized spacial score (nSPS) is 17.9. The highest BCUT2D eigenvalue weighted by Crippen LogP contribution is 2.39. The number of hydrogen-bond donors (Lipinski definition) is 0. The molecule has 0 radical (unpaired) electrons. The Morgan fingerprint density at radius 1 is 0.906 bits per heavy atom. The molecule has 0 rings (SSSR count). The van der Waals surface area contributed by atoms with Gasteiger partial charge in [0, 0.05) is 10.3 Å². The van der Waals surface area contributed by atoms with Gasteiger partial charge in [-0.25, -0.2) is 0 Å². The van der Waals surface area contributed by atoms with Crippen molar-refractivity contribution < 1.29 is 8.85 Å². The van der Waals surface area contributed by atoms with E-state index in [1.54, 1.807) is 0 Å². The van der Waals surface area contributed by atoms with Crippen molar-refractivity contribution in [1.29, 1.82) is 0 Å². The summed E-state index contributed by atoms with van der Waals surface area (Å²) in [6.45, 7) is 30.6. The predicted octanol–water partition coefficient (Wildman–Crippen LogP) is 9.55. The number of alkyl halides is 1. The van der Waals surface area contributed by atoms with E-state index in [-0.39, 0.29) is 16.2 Å². The SMILES string of the molecule is CCC(=C/[C@@H](C)CI)/C=C/[C@H](O[Si](C)(C)C(C)(C)C)[C@@H](C)/C=C\CO[Si](C)(C)C(C)(C)C. The van der Waals surface area contributed by atoms with Crippen LogP contribution in [0.3, 0.4) is 0 Å². The van der Waals surface area contributed by atoms with Gasteiger partial charge < -0.3 is 8.85 Å². The molecule has 0 N–H and O–H groups in total. The number of halogens is 1.